The number of hydrogen-bond donors (Lipinski definition) is 0. The van der Waals surface area contributed by atoms with E-state index in [0.29, 0.717) is 26.3 Å². The minimum Gasteiger partial charge on any atom is -0.378 e. The Kier molecular flexibility index (Phi) is 3.07. The molecule has 1 heterocycles. The highest BCUT2D eigenvalue weighted by atomic mass is 19.1. The lowest BCUT2D eigenvalue weighted by molar-refractivity contribution is -0.145. The average molecular weight is 244 g/mol. The predicted octanol–water partition coefficient (Wildman–Crippen LogP) is -0.338. The maximum atomic E-state index is 14.3. The Labute approximate surface area is 99.5 Å². The normalized spacial score (nSPS) is 32.2. The third-order valence-electron chi connectivity index (χ3n) is 3.29. The van der Waals surface area contributed by atoms with Crippen LogP contribution in [-0.2, 0) is 14.3 Å². The number of carbonyl (C=O) groups is 2. The Hall–Kier alpha value is -1.17. The van der Waals surface area contributed by atoms with Gasteiger partial charge in [0.25, 0.3) is 5.91 Å². The van der Waals surface area contributed by atoms with Gasteiger partial charge < -0.3 is 14.5 Å². The van der Waals surface area contributed by atoms with Crippen molar-refractivity contribution < 1.29 is 18.7 Å². The van der Waals surface area contributed by atoms with E-state index in [1.807, 2.05) is 0 Å². The SMILES string of the molecule is CN(C)C(=O)[C@@H]1C[C@]1(F)C(=O)N1CCOCC1. The van der Waals surface area contributed by atoms with Crippen LogP contribution in [0.2, 0.25) is 0 Å². The van der Waals surface area contributed by atoms with Crippen molar-refractivity contribution in [3.63, 3.8) is 0 Å². The Morgan fingerprint density at radius 2 is 1.94 bits per heavy atom. The molecule has 0 aromatic carbocycles. The summed E-state index contributed by atoms with van der Waals surface area (Å²) in [6.45, 7) is 1.70. The van der Waals surface area contributed by atoms with Crippen LogP contribution in [0.4, 0.5) is 4.39 Å². The van der Waals surface area contributed by atoms with Crippen LogP contribution in [0.5, 0.6) is 0 Å². The number of nitrogens with zero attached hydrogens (tertiary/aromatic N) is 2. The molecule has 0 spiro atoms. The summed E-state index contributed by atoms with van der Waals surface area (Å²) in [6.07, 6.45) is 0.0141. The number of amides is 2. The number of ether oxygens (including phenoxy) is 1. The molecule has 0 aromatic heterocycles. The number of carbonyl (C=O) groups excluding carboxylic acids is 2. The Morgan fingerprint density at radius 3 is 2.47 bits per heavy atom. The molecule has 0 unspecified atom stereocenters. The Morgan fingerprint density at radius 1 is 1.35 bits per heavy atom. The molecule has 2 rings (SSSR count). The molecule has 1 saturated carbocycles. The Bertz CT molecular complexity index is 342. The average Bonchev–Trinajstić information content (AvgIpc) is 3.02. The molecule has 0 aromatic rings. The molecule has 2 amide bonds. The smallest absolute Gasteiger partial charge is 0.261 e. The molecule has 0 radical (unpaired) electrons. The van der Waals surface area contributed by atoms with Crippen LogP contribution >= 0.6 is 0 Å². The van der Waals surface area contributed by atoms with Gasteiger partial charge in [0.1, 0.15) is 0 Å². The Balaban J connectivity index is 1.99. The van der Waals surface area contributed by atoms with Crippen LogP contribution in [0.1, 0.15) is 6.42 Å². The zero-order valence-electron chi connectivity index (χ0n) is 10.1. The lowest BCUT2D eigenvalue weighted by Crippen LogP contribution is -2.46. The van der Waals surface area contributed by atoms with E-state index in [1.165, 1.54) is 9.80 Å². The molecule has 1 aliphatic heterocycles. The molecule has 0 N–H and O–H groups in total. The molecule has 1 aliphatic carbocycles. The first-order chi connectivity index (χ1) is 7.97. The second-order valence-corrected chi connectivity index (χ2v) is 4.76. The zero-order valence-corrected chi connectivity index (χ0v) is 10.1. The van der Waals surface area contributed by atoms with E-state index in [4.69, 9.17) is 4.74 Å². The van der Waals surface area contributed by atoms with Crippen molar-refractivity contribution in [2.24, 2.45) is 5.92 Å². The number of alkyl halides is 1. The predicted molar refractivity (Wildman–Crippen MR) is 58.0 cm³/mol. The van der Waals surface area contributed by atoms with E-state index in [1.54, 1.807) is 14.1 Å². The highest BCUT2D eigenvalue weighted by Crippen LogP contribution is 2.49. The van der Waals surface area contributed by atoms with Crippen LogP contribution in [0, 0.1) is 5.92 Å². The lowest BCUT2D eigenvalue weighted by atomic mass is 10.2. The van der Waals surface area contributed by atoms with Crippen molar-refractivity contribution in [2.75, 3.05) is 40.4 Å². The number of hydrogen-bond acceptors (Lipinski definition) is 3. The second-order valence-electron chi connectivity index (χ2n) is 4.76. The molecular weight excluding hydrogens is 227 g/mol. The van der Waals surface area contributed by atoms with Crippen molar-refractivity contribution in [3.8, 4) is 0 Å². The van der Waals surface area contributed by atoms with Gasteiger partial charge in [-0.3, -0.25) is 9.59 Å². The van der Waals surface area contributed by atoms with Gasteiger partial charge in [0, 0.05) is 33.6 Å². The molecule has 5 nitrogen and oxygen atoms in total. The minimum absolute atomic E-state index is 0.0141. The summed E-state index contributed by atoms with van der Waals surface area (Å²) in [7, 11) is 3.14. The van der Waals surface area contributed by atoms with Gasteiger partial charge in [-0.1, -0.05) is 0 Å². The first-order valence-corrected chi connectivity index (χ1v) is 5.74. The molecule has 96 valence electrons. The standard InChI is InChI=1S/C11H17FN2O3/c1-13(2)9(15)8-7-11(8,12)10(16)14-3-5-17-6-4-14/h8H,3-7H2,1-2H3/t8-,11+/m0/s1. The molecule has 17 heavy (non-hydrogen) atoms. The lowest BCUT2D eigenvalue weighted by Gasteiger charge is -2.28. The van der Waals surface area contributed by atoms with Crippen LogP contribution in [0.25, 0.3) is 0 Å². The largest absolute Gasteiger partial charge is 0.378 e. The van der Waals surface area contributed by atoms with Crippen LogP contribution < -0.4 is 0 Å². The highest BCUT2D eigenvalue weighted by Gasteiger charge is 2.66. The molecular formula is C11H17FN2O3. The van der Waals surface area contributed by atoms with Crippen molar-refractivity contribution in [2.45, 2.75) is 12.1 Å². The molecule has 2 aliphatic rings. The van der Waals surface area contributed by atoms with Gasteiger partial charge in [-0.15, -0.1) is 0 Å². The van der Waals surface area contributed by atoms with Gasteiger partial charge in [0.15, 0.2) is 0 Å². The maximum absolute atomic E-state index is 14.3. The van der Waals surface area contributed by atoms with Crippen LogP contribution in [0.15, 0.2) is 0 Å². The molecule has 2 fully saturated rings. The monoisotopic (exact) mass is 244 g/mol. The first kappa shape index (κ1) is 12.3. The number of rotatable bonds is 2. The van der Waals surface area contributed by atoms with E-state index in [2.05, 4.69) is 0 Å². The first-order valence-electron chi connectivity index (χ1n) is 5.74. The van der Waals surface area contributed by atoms with Crippen molar-refractivity contribution in [1.82, 2.24) is 9.80 Å². The van der Waals surface area contributed by atoms with Gasteiger partial charge in [-0.2, -0.15) is 0 Å². The van der Waals surface area contributed by atoms with E-state index >= 15 is 0 Å². The second kappa shape index (κ2) is 4.25. The van der Waals surface area contributed by atoms with E-state index in [9.17, 15) is 14.0 Å². The molecule has 0 bridgehead atoms. The molecule has 6 heteroatoms. The molecule has 2 atom stereocenters. The van der Waals surface area contributed by atoms with Crippen LogP contribution in [0.3, 0.4) is 0 Å². The summed E-state index contributed by atoms with van der Waals surface area (Å²) >= 11 is 0. The third-order valence-corrected chi connectivity index (χ3v) is 3.29. The quantitative estimate of drug-likeness (QED) is 0.668. The van der Waals surface area contributed by atoms with E-state index < -0.39 is 17.5 Å². The fourth-order valence-corrected chi connectivity index (χ4v) is 2.10. The number of morpholine rings is 1. The summed E-state index contributed by atoms with van der Waals surface area (Å²) < 4.78 is 19.4. The third kappa shape index (κ3) is 2.13. The number of halogens is 1. The molecule has 1 saturated heterocycles. The summed E-state index contributed by atoms with van der Waals surface area (Å²) in [6, 6.07) is 0. The summed E-state index contributed by atoms with van der Waals surface area (Å²) in [5.41, 5.74) is -1.97. The maximum Gasteiger partial charge on any atom is 0.261 e. The fraction of sp³-hybridized carbons (Fsp3) is 0.818. The summed E-state index contributed by atoms with van der Waals surface area (Å²) in [5.74, 6) is -1.66. The summed E-state index contributed by atoms with van der Waals surface area (Å²) in [4.78, 5) is 26.3. The summed E-state index contributed by atoms with van der Waals surface area (Å²) in [5, 5.41) is 0. The van der Waals surface area contributed by atoms with Gasteiger partial charge in [0.05, 0.1) is 19.1 Å². The zero-order chi connectivity index (χ0) is 12.6. The van der Waals surface area contributed by atoms with Crippen molar-refractivity contribution in [1.29, 1.82) is 0 Å². The highest BCUT2D eigenvalue weighted by molar-refractivity contribution is 5.98. The van der Waals surface area contributed by atoms with Gasteiger partial charge >= 0.3 is 0 Å². The fourth-order valence-electron chi connectivity index (χ4n) is 2.10. The van der Waals surface area contributed by atoms with Gasteiger partial charge in [0.2, 0.25) is 11.6 Å². The van der Waals surface area contributed by atoms with Crippen molar-refractivity contribution >= 4 is 11.8 Å². The van der Waals surface area contributed by atoms with Gasteiger partial charge in [-0.25, -0.2) is 4.39 Å². The van der Waals surface area contributed by atoms with Gasteiger partial charge in [-0.05, 0) is 0 Å². The van der Waals surface area contributed by atoms with Crippen molar-refractivity contribution in [3.05, 3.63) is 0 Å². The van der Waals surface area contributed by atoms with E-state index in [-0.39, 0.29) is 12.3 Å². The van der Waals surface area contributed by atoms with Crippen LogP contribution in [-0.4, -0.2) is 67.7 Å². The topological polar surface area (TPSA) is 49.9 Å². The van der Waals surface area contributed by atoms with E-state index in [0.717, 1.165) is 0 Å². The minimum atomic E-state index is -1.97.